The monoisotopic (exact) mass is 401 g/mol. The molecule has 1 heterocycles. The standard InChI is InChI=1S/C26H27NO3/c1-29-18-10-9-17-26(25(28)27-19-20-11-3-2-4-12-20)21-13-5-7-15-23(21)30-24-16-8-6-14-22(24)26/h2-8,11-16H,9-10,17-19H2,1H3,(H,27,28). The molecule has 1 amide bonds. The van der Waals surface area contributed by atoms with Crippen molar-refractivity contribution in [1.82, 2.24) is 5.32 Å². The van der Waals surface area contributed by atoms with Gasteiger partial charge in [-0.05, 0) is 37.0 Å². The smallest absolute Gasteiger partial charge is 0.235 e. The largest absolute Gasteiger partial charge is 0.457 e. The van der Waals surface area contributed by atoms with Crippen molar-refractivity contribution in [3.05, 3.63) is 95.6 Å². The first-order chi connectivity index (χ1) is 14.8. The van der Waals surface area contributed by atoms with Crippen molar-refractivity contribution in [1.29, 1.82) is 0 Å². The fraction of sp³-hybridized carbons (Fsp3) is 0.269. The van der Waals surface area contributed by atoms with Crippen molar-refractivity contribution < 1.29 is 14.3 Å². The van der Waals surface area contributed by atoms with E-state index in [0.29, 0.717) is 19.6 Å². The molecule has 0 aromatic heterocycles. The lowest BCUT2D eigenvalue weighted by molar-refractivity contribution is -0.126. The van der Waals surface area contributed by atoms with E-state index in [4.69, 9.17) is 9.47 Å². The van der Waals surface area contributed by atoms with Crippen LogP contribution in [0.4, 0.5) is 0 Å². The van der Waals surface area contributed by atoms with E-state index in [1.54, 1.807) is 7.11 Å². The second-order valence-electron chi connectivity index (χ2n) is 7.62. The fourth-order valence-electron chi connectivity index (χ4n) is 4.27. The molecule has 3 aromatic carbocycles. The number of hydrogen-bond donors (Lipinski definition) is 1. The summed E-state index contributed by atoms with van der Waals surface area (Å²) in [5.74, 6) is 1.50. The van der Waals surface area contributed by atoms with E-state index in [1.807, 2.05) is 78.9 Å². The Kier molecular flexibility index (Phi) is 6.15. The van der Waals surface area contributed by atoms with E-state index < -0.39 is 5.41 Å². The van der Waals surface area contributed by atoms with Gasteiger partial charge in [-0.1, -0.05) is 66.7 Å². The topological polar surface area (TPSA) is 47.6 Å². The van der Waals surface area contributed by atoms with Gasteiger partial charge in [0.25, 0.3) is 0 Å². The Balaban J connectivity index is 1.74. The Labute approximate surface area is 177 Å². The summed E-state index contributed by atoms with van der Waals surface area (Å²) in [6.45, 7) is 1.17. The number of benzene rings is 3. The Morgan fingerprint density at radius 3 is 2.10 bits per heavy atom. The van der Waals surface area contributed by atoms with E-state index in [1.165, 1.54) is 0 Å². The molecule has 0 saturated carbocycles. The number of para-hydroxylation sites is 2. The molecule has 0 aliphatic carbocycles. The SMILES string of the molecule is COCCCCC1(C(=O)NCc2ccccc2)c2ccccc2Oc2ccccc21. The number of unbranched alkanes of at least 4 members (excludes halogenated alkanes) is 1. The minimum atomic E-state index is -0.798. The first-order valence-corrected chi connectivity index (χ1v) is 10.4. The van der Waals surface area contributed by atoms with Crippen LogP contribution in [0, 0.1) is 0 Å². The van der Waals surface area contributed by atoms with Crippen LogP contribution in [0.5, 0.6) is 11.5 Å². The second-order valence-corrected chi connectivity index (χ2v) is 7.62. The van der Waals surface area contributed by atoms with Crippen LogP contribution in [0.25, 0.3) is 0 Å². The summed E-state index contributed by atoms with van der Waals surface area (Å²) in [4.78, 5) is 13.9. The van der Waals surface area contributed by atoms with Gasteiger partial charge in [-0.25, -0.2) is 0 Å². The van der Waals surface area contributed by atoms with Gasteiger partial charge in [-0.15, -0.1) is 0 Å². The minimum absolute atomic E-state index is 0.00645. The van der Waals surface area contributed by atoms with Crippen molar-refractivity contribution in [2.75, 3.05) is 13.7 Å². The normalized spacial score (nSPS) is 13.6. The van der Waals surface area contributed by atoms with E-state index in [0.717, 1.165) is 41.0 Å². The minimum Gasteiger partial charge on any atom is -0.457 e. The van der Waals surface area contributed by atoms with Gasteiger partial charge in [0.05, 0.1) is 0 Å². The predicted molar refractivity (Wildman–Crippen MR) is 118 cm³/mol. The number of carbonyl (C=O) groups is 1. The predicted octanol–water partition coefficient (Wildman–Crippen LogP) is 5.21. The van der Waals surface area contributed by atoms with Gasteiger partial charge in [0.1, 0.15) is 16.9 Å². The summed E-state index contributed by atoms with van der Waals surface area (Å²) >= 11 is 0. The first-order valence-electron chi connectivity index (χ1n) is 10.4. The molecule has 3 aromatic rings. The first kappa shape index (κ1) is 20.2. The molecule has 0 saturated heterocycles. The number of nitrogens with one attached hydrogen (secondary N) is 1. The molecule has 4 heteroatoms. The van der Waals surface area contributed by atoms with Crippen LogP contribution in [0.2, 0.25) is 0 Å². The average molecular weight is 402 g/mol. The zero-order chi connectivity index (χ0) is 20.8. The third kappa shape index (κ3) is 3.83. The number of hydrogen-bond acceptors (Lipinski definition) is 3. The van der Waals surface area contributed by atoms with Crippen LogP contribution < -0.4 is 10.1 Å². The van der Waals surface area contributed by atoms with Gasteiger partial charge in [0.2, 0.25) is 5.91 Å². The van der Waals surface area contributed by atoms with E-state index in [-0.39, 0.29) is 5.91 Å². The molecule has 0 fully saturated rings. The van der Waals surface area contributed by atoms with Crippen molar-refractivity contribution >= 4 is 5.91 Å². The molecule has 30 heavy (non-hydrogen) atoms. The molecule has 0 unspecified atom stereocenters. The van der Waals surface area contributed by atoms with Crippen LogP contribution in [0.3, 0.4) is 0 Å². The molecule has 0 bridgehead atoms. The summed E-state index contributed by atoms with van der Waals surface area (Å²) in [6.07, 6.45) is 2.46. The van der Waals surface area contributed by atoms with Crippen LogP contribution in [0.1, 0.15) is 36.0 Å². The van der Waals surface area contributed by atoms with Crippen LogP contribution in [-0.2, 0) is 21.5 Å². The molecular formula is C26H27NO3. The highest BCUT2D eigenvalue weighted by Crippen LogP contribution is 2.50. The highest BCUT2D eigenvalue weighted by Gasteiger charge is 2.47. The fourth-order valence-corrected chi connectivity index (χ4v) is 4.27. The van der Waals surface area contributed by atoms with Crippen molar-refractivity contribution in [2.24, 2.45) is 0 Å². The maximum atomic E-state index is 13.9. The number of amides is 1. The van der Waals surface area contributed by atoms with Gasteiger partial charge < -0.3 is 14.8 Å². The molecule has 4 nitrogen and oxygen atoms in total. The molecule has 1 aliphatic rings. The zero-order valence-electron chi connectivity index (χ0n) is 17.3. The Bertz CT molecular complexity index is 954. The Morgan fingerprint density at radius 1 is 0.867 bits per heavy atom. The van der Waals surface area contributed by atoms with Gasteiger partial charge in [-0.2, -0.15) is 0 Å². The Morgan fingerprint density at radius 2 is 1.47 bits per heavy atom. The van der Waals surface area contributed by atoms with Crippen molar-refractivity contribution in [3.63, 3.8) is 0 Å². The van der Waals surface area contributed by atoms with Gasteiger partial charge in [0, 0.05) is 31.4 Å². The highest BCUT2D eigenvalue weighted by atomic mass is 16.5. The molecule has 1 N–H and O–H groups in total. The van der Waals surface area contributed by atoms with Gasteiger partial charge in [0.15, 0.2) is 0 Å². The van der Waals surface area contributed by atoms with E-state index in [2.05, 4.69) is 5.32 Å². The number of carbonyl (C=O) groups excluding carboxylic acids is 1. The third-order valence-electron chi connectivity index (χ3n) is 5.75. The molecule has 1 aliphatic heterocycles. The molecule has 0 spiro atoms. The Hall–Kier alpha value is -3.11. The quantitative estimate of drug-likeness (QED) is 0.527. The van der Waals surface area contributed by atoms with E-state index in [9.17, 15) is 4.79 Å². The van der Waals surface area contributed by atoms with Gasteiger partial charge in [-0.3, -0.25) is 4.79 Å². The lowest BCUT2D eigenvalue weighted by Crippen LogP contribution is -2.46. The van der Waals surface area contributed by atoms with Crippen molar-refractivity contribution in [2.45, 2.75) is 31.2 Å². The maximum absolute atomic E-state index is 13.9. The average Bonchev–Trinajstić information content (AvgIpc) is 2.80. The molecular weight excluding hydrogens is 374 g/mol. The number of methoxy groups -OCH3 is 1. The summed E-state index contributed by atoms with van der Waals surface area (Å²) in [5, 5.41) is 3.21. The van der Waals surface area contributed by atoms with Crippen LogP contribution in [0.15, 0.2) is 78.9 Å². The number of rotatable bonds is 8. The summed E-state index contributed by atoms with van der Waals surface area (Å²) in [5.41, 5.74) is 2.13. The van der Waals surface area contributed by atoms with Crippen LogP contribution >= 0.6 is 0 Å². The lowest BCUT2D eigenvalue weighted by atomic mass is 9.68. The summed E-state index contributed by atoms with van der Waals surface area (Å²) in [7, 11) is 1.71. The molecule has 0 atom stereocenters. The summed E-state index contributed by atoms with van der Waals surface area (Å²) < 4.78 is 11.4. The second kappa shape index (κ2) is 9.14. The number of fused-ring (bicyclic) bond motifs is 2. The van der Waals surface area contributed by atoms with Gasteiger partial charge >= 0.3 is 0 Å². The third-order valence-corrected chi connectivity index (χ3v) is 5.75. The molecule has 154 valence electrons. The number of ether oxygens (including phenoxy) is 2. The van der Waals surface area contributed by atoms with E-state index >= 15 is 0 Å². The van der Waals surface area contributed by atoms with Crippen molar-refractivity contribution in [3.8, 4) is 11.5 Å². The zero-order valence-corrected chi connectivity index (χ0v) is 17.3. The highest BCUT2D eigenvalue weighted by molar-refractivity contribution is 5.94. The molecule has 0 radical (unpaired) electrons. The molecule has 4 rings (SSSR count). The maximum Gasteiger partial charge on any atom is 0.235 e. The summed E-state index contributed by atoms with van der Waals surface area (Å²) in [6, 6.07) is 25.8. The lowest BCUT2D eigenvalue weighted by Gasteiger charge is -2.39. The van der Waals surface area contributed by atoms with Crippen LogP contribution in [-0.4, -0.2) is 19.6 Å².